The summed E-state index contributed by atoms with van der Waals surface area (Å²) < 4.78 is 24.8. The van der Waals surface area contributed by atoms with E-state index in [4.69, 9.17) is 9.05 Å². The molecule has 32 heavy (non-hydrogen) atoms. The number of carbonyl (C=O) groups is 2. The molecule has 1 saturated heterocycles. The van der Waals surface area contributed by atoms with Crippen LogP contribution in [0.2, 0.25) is 0 Å². The van der Waals surface area contributed by atoms with Gasteiger partial charge in [0.05, 0.1) is 12.4 Å². The number of fused-ring (bicyclic) bond motifs is 1. The van der Waals surface area contributed by atoms with Crippen LogP contribution in [0.3, 0.4) is 0 Å². The largest absolute Gasteiger partial charge is 0.350 e. The smallest absolute Gasteiger partial charge is 0.311 e. The summed E-state index contributed by atoms with van der Waals surface area (Å²) in [6.07, 6.45) is 3.04. The van der Waals surface area contributed by atoms with E-state index in [9.17, 15) is 14.2 Å². The summed E-state index contributed by atoms with van der Waals surface area (Å²) in [5.74, 6) is -0.705. The van der Waals surface area contributed by atoms with Crippen LogP contribution in [0.1, 0.15) is 41.6 Å². The molecule has 0 spiro atoms. The number of para-hydroxylation sites is 1. The molecule has 1 amide bonds. The number of nitrogens with zero attached hydrogens (tertiary/aromatic N) is 2. The Kier molecular flexibility index (Phi) is 6.63. The van der Waals surface area contributed by atoms with Crippen LogP contribution in [-0.4, -0.2) is 50.6 Å². The van der Waals surface area contributed by atoms with Crippen LogP contribution >= 0.6 is 7.60 Å². The molecule has 2 aliphatic heterocycles. The van der Waals surface area contributed by atoms with Gasteiger partial charge in [-0.25, -0.2) is 0 Å². The summed E-state index contributed by atoms with van der Waals surface area (Å²) in [6.45, 7) is 2.17. The van der Waals surface area contributed by atoms with Crippen molar-refractivity contribution in [2.24, 2.45) is 0 Å². The van der Waals surface area contributed by atoms with Crippen molar-refractivity contribution in [3.8, 4) is 0 Å². The van der Waals surface area contributed by atoms with E-state index in [-0.39, 0.29) is 12.2 Å². The van der Waals surface area contributed by atoms with Gasteiger partial charge in [0.15, 0.2) is 10.9 Å². The average molecular weight is 456 g/mol. The highest BCUT2D eigenvalue weighted by molar-refractivity contribution is 7.56. The summed E-state index contributed by atoms with van der Waals surface area (Å²) in [4.78, 5) is 31.3. The lowest BCUT2D eigenvalue weighted by atomic mass is 9.91. The topological polar surface area (TPSA) is 76.1 Å². The van der Waals surface area contributed by atoms with Crippen molar-refractivity contribution in [3.63, 3.8) is 0 Å². The van der Waals surface area contributed by atoms with Crippen LogP contribution in [0.15, 0.2) is 54.6 Å². The number of benzene rings is 2. The van der Waals surface area contributed by atoms with E-state index >= 15 is 0 Å². The molecule has 1 atom stereocenters. The molecule has 7 nitrogen and oxygen atoms in total. The second-order valence-electron chi connectivity index (χ2n) is 8.26. The zero-order chi connectivity index (χ0) is 22.8. The molecule has 1 fully saturated rings. The molecule has 0 bridgehead atoms. The lowest BCUT2D eigenvalue weighted by molar-refractivity contribution is -0.121. The van der Waals surface area contributed by atoms with Gasteiger partial charge in [0.25, 0.3) is 5.91 Å². The standard InChI is InChI=1S/C24H29N2O5P/c1-30-32(29,31-2)24(17-22(27)19-11-5-3-6-12-19)20-13-7-8-14-21(20)26(23(24)28)18-25-15-9-4-10-16-25/h3,5-8,11-14H,4,9-10,15-18H2,1-2H3. The lowest BCUT2D eigenvalue weighted by Crippen LogP contribution is -2.47. The SMILES string of the molecule is COP(=O)(OC)C1(CC(=O)c2ccccc2)C(=O)N(CN2CCCCC2)c2ccccc21. The van der Waals surface area contributed by atoms with Gasteiger partial charge in [-0.2, -0.15) is 0 Å². The first-order valence-electron chi connectivity index (χ1n) is 10.9. The van der Waals surface area contributed by atoms with E-state index in [0.29, 0.717) is 23.5 Å². The minimum Gasteiger partial charge on any atom is -0.311 e. The number of anilines is 1. The third-order valence-corrected chi connectivity index (χ3v) is 8.98. The number of rotatable bonds is 8. The first-order valence-corrected chi connectivity index (χ1v) is 12.4. The highest BCUT2D eigenvalue weighted by Gasteiger charge is 2.64. The van der Waals surface area contributed by atoms with Gasteiger partial charge in [0.2, 0.25) is 0 Å². The van der Waals surface area contributed by atoms with E-state index in [1.165, 1.54) is 20.6 Å². The molecule has 8 heteroatoms. The fourth-order valence-corrected chi connectivity index (χ4v) is 6.77. The molecule has 2 aromatic rings. The molecule has 1 unspecified atom stereocenters. The number of amides is 1. The van der Waals surface area contributed by atoms with Crippen LogP contribution in [-0.2, 0) is 23.6 Å². The third kappa shape index (κ3) is 3.73. The molecule has 2 aliphatic rings. The Balaban J connectivity index is 1.82. The number of piperidine rings is 1. The fraction of sp³-hybridized carbons (Fsp3) is 0.417. The average Bonchev–Trinajstić information content (AvgIpc) is 3.08. The Morgan fingerprint density at radius 2 is 1.59 bits per heavy atom. The molecular weight excluding hydrogens is 427 g/mol. The van der Waals surface area contributed by atoms with E-state index < -0.39 is 18.7 Å². The number of Topliss-reactive ketones (excluding diaryl/α,β-unsaturated/α-hetero) is 1. The zero-order valence-corrected chi connectivity index (χ0v) is 19.4. The number of hydrogen-bond acceptors (Lipinski definition) is 6. The van der Waals surface area contributed by atoms with E-state index in [1.54, 1.807) is 41.3 Å². The molecule has 4 rings (SSSR count). The quantitative estimate of drug-likeness (QED) is 0.432. The maximum atomic E-state index is 14.1. The number of carbonyl (C=O) groups excluding carboxylic acids is 2. The maximum Gasteiger partial charge on any atom is 0.350 e. The Bertz CT molecular complexity index is 1030. The third-order valence-electron chi connectivity index (χ3n) is 6.49. The molecule has 0 radical (unpaired) electrons. The van der Waals surface area contributed by atoms with Crippen LogP contribution < -0.4 is 4.90 Å². The fourth-order valence-electron chi connectivity index (χ4n) is 4.82. The van der Waals surface area contributed by atoms with E-state index in [0.717, 1.165) is 25.9 Å². The van der Waals surface area contributed by atoms with Gasteiger partial charge in [0, 0.05) is 31.8 Å². The van der Waals surface area contributed by atoms with Gasteiger partial charge in [0.1, 0.15) is 0 Å². The first kappa shape index (κ1) is 22.9. The molecule has 0 aromatic heterocycles. The summed E-state index contributed by atoms with van der Waals surface area (Å²) >= 11 is 0. The Morgan fingerprint density at radius 1 is 0.969 bits per heavy atom. The minimum atomic E-state index is -4.04. The van der Waals surface area contributed by atoms with E-state index in [1.807, 2.05) is 18.2 Å². The van der Waals surface area contributed by atoms with Crippen molar-refractivity contribution < 1.29 is 23.2 Å². The van der Waals surface area contributed by atoms with Gasteiger partial charge in [-0.1, -0.05) is 55.0 Å². The Labute approximate surface area is 188 Å². The van der Waals surface area contributed by atoms with Crippen LogP contribution in [0.5, 0.6) is 0 Å². The van der Waals surface area contributed by atoms with Crippen molar-refractivity contribution in [2.45, 2.75) is 30.8 Å². The number of ketones is 1. The van der Waals surface area contributed by atoms with Gasteiger partial charge >= 0.3 is 7.60 Å². The van der Waals surface area contributed by atoms with Crippen LogP contribution in [0.4, 0.5) is 5.69 Å². The number of hydrogen-bond donors (Lipinski definition) is 0. The number of likely N-dealkylation sites (tertiary alicyclic amines) is 1. The lowest BCUT2D eigenvalue weighted by Gasteiger charge is -2.35. The second kappa shape index (κ2) is 9.28. The predicted molar refractivity (Wildman–Crippen MR) is 123 cm³/mol. The van der Waals surface area contributed by atoms with Crippen molar-refractivity contribution in [1.29, 1.82) is 0 Å². The summed E-state index contributed by atoms with van der Waals surface area (Å²) in [5.41, 5.74) is 1.61. The minimum absolute atomic E-state index is 0.289. The highest BCUT2D eigenvalue weighted by Crippen LogP contribution is 2.70. The molecule has 0 N–H and O–H groups in total. The highest BCUT2D eigenvalue weighted by atomic mass is 31.2. The molecule has 2 aromatic carbocycles. The predicted octanol–water partition coefficient (Wildman–Crippen LogP) is 4.43. The summed E-state index contributed by atoms with van der Waals surface area (Å²) in [7, 11) is -1.51. The first-order chi connectivity index (χ1) is 15.5. The van der Waals surface area contributed by atoms with Gasteiger partial charge in [-0.15, -0.1) is 0 Å². The summed E-state index contributed by atoms with van der Waals surface area (Å²) in [6, 6.07) is 15.9. The van der Waals surface area contributed by atoms with Crippen molar-refractivity contribution in [2.75, 3.05) is 38.9 Å². The van der Waals surface area contributed by atoms with Crippen molar-refractivity contribution in [1.82, 2.24) is 4.90 Å². The molecule has 2 heterocycles. The Hall–Kier alpha value is -2.31. The molecule has 170 valence electrons. The van der Waals surface area contributed by atoms with Gasteiger partial charge < -0.3 is 9.05 Å². The Morgan fingerprint density at radius 3 is 2.25 bits per heavy atom. The summed E-state index contributed by atoms with van der Waals surface area (Å²) in [5, 5.41) is -1.74. The molecule has 0 aliphatic carbocycles. The normalized spacial score (nSPS) is 21.6. The van der Waals surface area contributed by atoms with Gasteiger partial charge in [-0.3, -0.25) is 24.0 Å². The molecule has 0 saturated carbocycles. The van der Waals surface area contributed by atoms with Crippen molar-refractivity contribution >= 4 is 25.0 Å². The zero-order valence-electron chi connectivity index (χ0n) is 18.5. The van der Waals surface area contributed by atoms with E-state index in [2.05, 4.69) is 4.90 Å². The van der Waals surface area contributed by atoms with Crippen molar-refractivity contribution in [3.05, 3.63) is 65.7 Å². The maximum absolute atomic E-state index is 14.1. The monoisotopic (exact) mass is 456 g/mol. The second-order valence-corrected chi connectivity index (χ2v) is 10.7. The van der Waals surface area contributed by atoms with Crippen LogP contribution in [0, 0.1) is 0 Å². The molecular formula is C24H29N2O5P. The van der Waals surface area contributed by atoms with Gasteiger partial charge in [-0.05, 0) is 32.0 Å². The van der Waals surface area contributed by atoms with Crippen LogP contribution in [0.25, 0.3) is 0 Å².